The molecule has 0 radical (unpaired) electrons. The summed E-state index contributed by atoms with van der Waals surface area (Å²) in [6.07, 6.45) is 0.655. The minimum Gasteiger partial charge on any atom is -0.457 e. The van der Waals surface area contributed by atoms with Crippen molar-refractivity contribution >= 4 is 21.7 Å². The minimum absolute atomic E-state index is 0.0472. The van der Waals surface area contributed by atoms with Crippen molar-refractivity contribution in [2.75, 3.05) is 6.54 Å². The highest BCUT2D eigenvalue weighted by atomic mass is 32.2. The molecular weight excluding hydrogens is 432 g/mol. The van der Waals surface area contributed by atoms with Crippen molar-refractivity contribution in [3.05, 3.63) is 105 Å². The quantitative estimate of drug-likeness (QED) is 0.321. The summed E-state index contributed by atoms with van der Waals surface area (Å²) in [5, 5.41) is 10.7. The Bertz CT molecular complexity index is 1250. The van der Waals surface area contributed by atoms with E-state index < -0.39 is 20.9 Å². The summed E-state index contributed by atoms with van der Waals surface area (Å²) in [4.78, 5) is 22.6. The number of benzene rings is 3. The highest BCUT2D eigenvalue weighted by Gasteiger charge is 2.28. The molecule has 0 N–H and O–H groups in total. The summed E-state index contributed by atoms with van der Waals surface area (Å²) in [5.74, 6) is -0.612. The number of esters is 1. The van der Waals surface area contributed by atoms with Gasteiger partial charge in [-0.2, -0.15) is 4.31 Å². The van der Waals surface area contributed by atoms with Crippen LogP contribution in [0.2, 0.25) is 0 Å². The highest BCUT2D eigenvalue weighted by Crippen LogP contribution is 2.25. The summed E-state index contributed by atoms with van der Waals surface area (Å²) in [6.45, 7) is 0.667. The second-order valence-corrected chi connectivity index (χ2v) is 9.32. The lowest BCUT2D eigenvalue weighted by Gasteiger charge is -2.28. The molecular formula is C23H20N2O6S. The van der Waals surface area contributed by atoms with Gasteiger partial charge in [-0.05, 0) is 59.5 Å². The van der Waals surface area contributed by atoms with Gasteiger partial charge in [-0.15, -0.1) is 0 Å². The Morgan fingerprint density at radius 3 is 2.28 bits per heavy atom. The van der Waals surface area contributed by atoms with Crippen LogP contribution in [0.1, 0.15) is 27.0 Å². The van der Waals surface area contributed by atoms with Crippen molar-refractivity contribution in [3.63, 3.8) is 0 Å². The number of carbonyl (C=O) groups excluding carboxylic acids is 1. The van der Waals surface area contributed by atoms with Crippen LogP contribution in [0.15, 0.2) is 77.7 Å². The van der Waals surface area contributed by atoms with Crippen LogP contribution in [-0.4, -0.2) is 30.2 Å². The number of nitro groups is 1. The first-order chi connectivity index (χ1) is 15.3. The molecule has 0 amide bonds. The van der Waals surface area contributed by atoms with Gasteiger partial charge in [0.2, 0.25) is 10.0 Å². The van der Waals surface area contributed by atoms with Gasteiger partial charge < -0.3 is 4.74 Å². The number of ether oxygens (including phenoxy) is 1. The van der Waals surface area contributed by atoms with Gasteiger partial charge in [0.15, 0.2) is 0 Å². The largest absolute Gasteiger partial charge is 0.457 e. The van der Waals surface area contributed by atoms with Crippen LogP contribution < -0.4 is 0 Å². The molecule has 0 saturated heterocycles. The van der Waals surface area contributed by atoms with Crippen LogP contribution in [0.3, 0.4) is 0 Å². The van der Waals surface area contributed by atoms with Gasteiger partial charge in [-0.25, -0.2) is 13.2 Å². The van der Waals surface area contributed by atoms with Gasteiger partial charge in [-0.3, -0.25) is 10.1 Å². The first-order valence-electron chi connectivity index (χ1n) is 9.92. The van der Waals surface area contributed by atoms with Crippen molar-refractivity contribution in [3.8, 4) is 0 Å². The molecule has 0 aliphatic carbocycles. The maximum absolute atomic E-state index is 13.0. The fraction of sp³-hybridized carbons (Fsp3) is 0.174. The molecule has 1 aliphatic rings. The Morgan fingerprint density at radius 2 is 1.62 bits per heavy atom. The average Bonchev–Trinajstić information content (AvgIpc) is 2.82. The Labute approximate surface area is 185 Å². The Hall–Kier alpha value is -3.56. The molecule has 3 aromatic rings. The third kappa shape index (κ3) is 4.53. The van der Waals surface area contributed by atoms with E-state index in [0.717, 1.165) is 11.1 Å². The van der Waals surface area contributed by atoms with Crippen molar-refractivity contribution in [1.82, 2.24) is 4.31 Å². The molecule has 4 rings (SSSR count). The summed E-state index contributed by atoms with van der Waals surface area (Å²) >= 11 is 0. The SMILES string of the molecule is O=C(OCc1ccc([N+](=O)[O-])cc1)c1ccc(S(=O)(=O)N2CCc3ccccc3C2)cc1. The summed E-state index contributed by atoms with van der Waals surface area (Å²) in [7, 11) is -3.69. The van der Waals surface area contributed by atoms with E-state index in [0.29, 0.717) is 25.1 Å². The highest BCUT2D eigenvalue weighted by molar-refractivity contribution is 7.89. The molecule has 0 aromatic heterocycles. The number of non-ortho nitro benzene ring substituents is 1. The van der Waals surface area contributed by atoms with E-state index in [1.54, 1.807) is 0 Å². The number of carbonyl (C=O) groups is 1. The fourth-order valence-corrected chi connectivity index (χ4v) is 4.95. The van der Waals surface area contributed by atoms with Gasteiger partial charge in [0.25, 0.3) is 5.69 Å². The Balaban J connectivity index is 1.41. The normalized spacial score (nSPS) is 13.9. The van der Waals surface area contributed by atoms with Crippen LogP contribution in [0.5, 0.6) is 0 Å². The molecule has 164 valence electrons. The lowest BCUT2D eigenvalue weighted by molar-refractivity contribution is -0.384. The smallest absolute Gasteiger partial charge is 0.338 e. The fourth-order valence-electron chi connectivity index (χ4n) is 3.53. The topological polar surface area (TPSA) is 107 Å². The molecule has 8 nitrogen and oxygen atoms in total. The Morgan fingerprint density at radius 1 is 0.969 bits per heavy atom. The molecule has 0 spiro atoms. The molecule has 0 bridgehead atoms. The zero-order valence-corrected chi connectivity index (χ0v) is 17.8. The monoisotopic (exact) mass is 452 g/mol. The van der Waals surface area contributed by atoms with Gasteiger partial charge in [0.1, 0.15) is 6.61 Å². The number of nitrogens with zero attached hydrogens (tertiary/aromatic N) is 2. The molecule has 0 unspecified atom stereocenters. The standard InChI is InChI=1S/C23H20N2O6S/c26-23(31-16-17-5-9-21(10-6-17)25(27)28)19-7-11-22(12-8-19)32(29,30)24-14-13-18-3-1-2-4-20(18)15-24/h1-12H,13-16H2. The molecule has 0 atom stereocenters. The maximum Gasteiger partial charge on any atom is 0.338 e. The third-order valence-corrected chi connectivity index (χ3v) is 7.20. The van der Waals surface area contributed by atoms with Gasteiger partial charge in [-0.1, -0.05) is 24.3 Å². The minimum atomic E-state index is -3.69. The number of nitro benzene ring substituents is 1. The maximum atomic E-state index is 13.0. The van der Waals surface area contributed by atoms with Gasteiger partial charge in [0.05, 0.1) is 15.4 Å². The first-order valence-corrected chi connectivity index (χ1v) is 11.4. The van der Waals surface area contributed by atoms with Gasteiger partial charge in [0, 0.05) is 25.2 Å². The van der Waals surface area contributed by atoms with Gasteiger partial charge >= 0.3 is 5.97 Å². The van der Waals surface area contributed by atoms with Crippen molar-refractivity contribution < 1.29 is 22.9 Å². The lowest BCUT2D eigenvalue weighted by atomic mass is 10.0. The van der Waals surface area contributed by atoms with Crippen LogP contribution in [0, 0.1) is 10.1 Å². The van der Waals surface area contributed by atoms with E-state index >= 15 is 0 Å². The number of fused-ring (bicyclic) bond motifs is 1. The average molecular weight is 452 g/mol. The molecule has 0 fully saturated rings. The predicted octanol–water partition coefficient (Wildman–Crippen LogP) is 3.70. The Kier molecular flexibility index (Phi) is 6.02. The summed E-state index contributed by atoms with van der Waals surface area (Å²) in [5.41, 5.74) is 2.93. The van der Waals surface area contributed by atoms with Crippen LogP contribution in [-0.2, 0) is 34.3 Å². The van der Waals surface area contributed by atoms with Crippen molar-refractivity contribution in [2.45, 2.75) is 24.5 Å². The van der Waals surface area contributed by atoms with E-state index in [4.69, 9.17) is 4.74 Å². The second-order valence-electron chi connectivity index (χ2n) is 7.38. The predicted molar refractivity (Wildman–Crippen MR) is 116 cm³/mol. The van der Waals surface area contributed by atoms with E-state index in [1.165, 1.54) is 52.8 Å². The first kappa shape index (κ1) is 21.7. The number of sulfonamides is 1. The molecule has 0 saturated carbocycles. The van der Waals surface area contributed by atoms with E-state index in [1.807, 2.05) is 24.3 Å². The summed E-state index contributed by atoms with van der Waals surface area (Å²) in [6, 6.07) is 19.1. The van der Waals surface area contributed by atoms with Crippen LogP contribution >= 0.6 is 0 Å². The van der Waals surface area contributed by atoms with Crippen LogP contribution in [0.4, 0.5) is 5.69 Å². The van der Waals surface area contributed by atoms with Crippen molar-refractivity contribution in [1.29, 1.82) is 0 Å². The molecule has 1 heterocycles. The van der Waals surface area contributed by atoms with E-state index in [-0.39, 0.29) is 22.8 Å². The number of hydrogen-bond acceptors (Lipinski definition) is 6. The van der Waals surface area contributed by atoms with E-state index in [9.17, 15) is 23.3 Å². The van der Waals surface area contributed by atoms with E-state index in [2.05, 4.69) is 0 Å². The molecule has 3 aromatic carbocycles. The summed E-state index contributed by atoms with van der Waals surface area (Å²) < 4.78 is 32.7. The second kappa shape index (κ2) is 8.89. The zero-order chi connectivity index (χ0) is 22.7. The molecule has 32 heavy (non-hydrogen) atoms. The zero-order valence-electron chi connectivity index (χ0n) is 17.0. The molecule has 1 aliphatic heterocycles. The van der Waals surface area contributed by atoms with Crippen LogP contribution in [0.25, 0.3) is 0 Å². The lowest BCUT2D eigenvalue weighted by Crippen LogP contribution is -2.35. The molecule has 9 heteroatoms. The number of rotatable bonds is 6. The third-order valence-electron chi connectivity index (χ3n) is 5.34. The van der Waals surface area contributed by atoms with Crippen molar-refractivity contribution in [2.24, 2.45) is 0 Å². The number of hydrogen-bond donors (Lipinski definition) is 0.